The van der Waals surface area contributed by atoms with Crippen LogP contribution in [0.4, 0.5) is 10.1 Å². The van der Waals surface area contributed by atoms with Crippen molar-refractivity contribution in [3.05, 3.63) is 59.2 Å². The summed E-state index contributed by atoms with van der Waals surface area (Å²) in [4.78, 5) is 20.8. The van der Waals surface area contributed by atoms with E-state index >= 15 is 0 Å². The molecule has 1 aromatic carbocycles. The van der Waals surface area contributed by atoms with E-state index in [4.69, 9.17) is 15.7 Å². The number of nitrogens with two attached hydrogens (primary N) is 1. The van der Waals surface area contributed by atoms with Crippen LogP contribution in [-0.4, -0.2) is 28.4 Å². The van der Waals surface area contributed by atoms with Crippen molar-refractivity contribution in [2.24, 2.45) is 16.6 Å². The molecule has 4 rings (SSSR count). The Bertz CT molecular complexity index is 1000. The van der Waals surface area contributed by atoms with Gasteiger partial charge in [-0.1, -0.05) is 11.8 Å². The molecule has 0 radical (unpaired) electrons. The summed E-state index contributed by atoms with van der Waals surface area (Å²) in [6, 6.07) is 9.17. The van der Waals surface area contributed by atoms with E-state index in [1.54, 1.807) is 0 Å². The second-order valence-corrected chi connectivity index (χ2v) is 7.52. The van der Waals surface area contributed by atoms with Crippen molar-refractivity contribution < 1.29 is 13.9 Å². The maximum atomic E-state index is 14.7. The number of aromatic nitrogens is 1. The van der Waals surface area contributed by atoms with Crippen LogP contribution in [0.15, 0.2) is 41.5 Å². The third kappa shape index (κ3) is 3.21. The highest BCUT2D eigenvalue weighted by atomic mass is 32.2. The maximum Gasteiger partial charge on any atom is 0.274 e. The fraction of sp³-hybridized carbons (Fsp3) is 0.263. The number of rotatable bonds is 3. The number of pyridine rings is 1. The van der Waals surface area contributed by atoms with E-state index in [2.05, 4.69) is 15.3 Å². The number of nitriles is 1. The minimum atomic E-state index is -1.16. The Kier molecular flexibility index (Phi) is 4.75. The first-order chi connectivity index (χ1) is 13.5. The molecule has 1 aromatic heterocycles. The number of benzene rings is 1. The highest BCUT2D eigenvalue weighted by Crippen LogP contribution is 2.48. The molecule has 2 aliphatic heterocycles. The molecule has 28 heavy (non-hydrogen) atoms. The molecule has 7 nitrogen and oxygen atoms in total. The summed E-state index contributed by atoms with van der Waals surface area (Å²) in [6.45, 7) is 0.465. The monoisotopic (exact) mass is 397 g/mol. The van der Waals surface area contributed by atoms with E-state index in [9.17, 15) is 9.18 Å². The molecule has 9 heteroatoms. The SMILES string of the molecule is N#Cc1ccc(C(=O)Nc2ccc(F)c(C34N=C(N)SCC3CCO4)c2)nc1. The molecule has 1 fully saturated rings. The van der Waals surface area contributed by atoms with E-state index in [1.807, 2.05) is 6.07 Å². The lowest BCUT2D eigenvalue weighted by Gasteiger charge is -2.34. The molecule has 0 aliphatic carbocycles. The average Bonchev–Trinajstić information content (AvgIpc) is 3.13. The topological polar surface area (TPSA) is 113 Å². The van der Waals surface area contributed by atoms with Crippen LogP contribution in [0.1, 0.15) is 28.0 Å². The average molecular weight is 397 g/mol. The number of carbonyl (C=O) groups is 1. The molecular formula is C19H16FN5O2S. The molecule has 0 saturated carbocycles. The van der Waals surface area contributed by atoms with Crippen LogP contribution in [0.25, 0.3) is 0 Å². The molecular weight excluding hydrogens is 381 g/mol. The lowest BCUT2D eigenvalue weighted by molar-refractivity contribution is -0.0170. The quantitative estimate of drug-likeness (QED) is 0.823. The number of nitrogens with zero attached hydrogens (tertiary/aromatic N) is 3. The first-order valence-corrected chi connectivity index (χ1v) is 9.60. The van der Waals surface area contributed by atoms with Crippen molar-refractivity contribution in [1.82, 2.24) is 4.98 Å². The van der Waals surface area contributed by atoms with Crippen LogP contribution in [0, 0.1) is 23.1 Å². The predicted octanol–water partition coefficient (Wildman–Crippen LogP) is 2.60. The van der Waals surface area contributed by atoms with E-state index in [1.165, 1.54) is 48.3 Å². The second-order valence-electron chi connectivity index (χ2n) is 6.48. The van der Waals surface area contributed by atoms with Crippen molar-refractivity contribution >= 4 is 28.5 Å². The van der Waals surface area contributed by atoms with Gasteiger partial charge in [0.25, 0.3) is 5.91 Å². The van der Waals surface area contributed by atoms with Crippen LogP contribution in [0.3, 0.4) is 0 Å². The minimum Gasteiger partial charge on any atom is -0.378 e. The molecule has 2 atom stereocenters. The van der Waals surface area contributed by atoms with Gasteiger partial charge in [0.2, 0.25) is 0 Å². The summed E-state index contributed by atoms with van der Waals surface area (Å²) in [5.41, 5.74) is 5.88. The summed E-state index contributed by atoms with van der Waals surface area (Å²) in [5, 5.41) is 11.9. The standard InChI is InChI=1S/C19H16FN5O2S/c20-15-3-2-13(24-17(26)16-4-1-11(8-21)9-23-16)7-14(15)19-12(5-6-27-19)10-28-18(22)25-19/h1-4,7,9,12H,5-6,10H2,(H2,22,25)(H,24,26). The van der Waals surface area contributed by atoms with Crippen molar-refractivity contribution in [3.8, 4) is 6.07 Å². The fourth-order valence-electron chi connectivity index (χ4n) is 3.40. The first kappa shape index (κ1) is 18.4. The summed E-state index contributed by atoms with van der Waals surface area (Å²) in [6.07, 6.45) is 2.08. The van der Waals surface area contributed by atoms with Crippen LogP contribution in [-0.2, 0) is 10.5 Å². The smallest absolute Gasteiger partial charge is 0.274 e. The molecule has 0 bridgehead atoms. The lowest BCUT2D eigenvalue weighted by atomic mass is 9.89. The number of anilines is 1. The Labute approximate surface area is 164 Å². The molecule has 3 heterocycles. The number of ether oxygens (including phenoxy) is 1. The van der Waals surface area contributed by atoms with Crippen molar-refractivity contribution in [3.63, 3.8) is 0 Å². The molecule has 1 saturated heterocycles. The largest absolute Gasteiger partial charge is 0.378 e. The van der Waals surface area contributed by atoms with Gasteiger partial charge in [-0.2, -0.15) is 5.26 Å². The van der Waals surface area contributed by atoms with E-state index in [0.717, 1.165) is 6.42 Å². The van der Waals surface area contributed by atoms with Crippen LogP contribution in [0.5, 0.6) is 0 Å². The van der Waals surface area contributed by atoms with Gasteiger partial charge < -0.3 is 15.8 Å². The van der Waals surface area contributed by atoms with Gasteiger partial charge in [-0.05, 0) is 36.8 Å². The zero-order chi connectivity index (χ0) is 19.7. The number of thioether (sulfide) groups is 1. The second kappa shape index (κ2) is 7.22. The fourth-order valence-corrected chi connectivity index (χ4v) is 4.36. The van der Waals surface area contributed by atoms with Gasteiger partial charge in [-0.25, -0.2) is 14.4 Å². The van der Waals surface area contributed by atoms with E-state index in [0.29, 0.717) is 28.8 Å². The minimum absolute atomic E-state index is 0.00504. The highest BCUT2D eigenvalue weighted by Gasteiger charge is 2.49. The molecule has 2 aromatic rings. The Hall–Kier alpha value is -2.96. The predicted molar refractivity (Wildman–Crippen MR) is 103 cm³/mol. The Morgan fingerprint density at radius 3 is 3.04 bits per heavy atom. The number of carbonyl (C=O) groups excluding carboxylic acids is 1. The first-order valence-electron chi connectivity index (χ1n) is 8.61. The highest BCUT2D eigenvalue weighted by molar-refractivity contribution is 8.13. The third-order valence-corrected chi connectivity index (χ3v) is 5.74. The summed E-state index contributed by atoms with van der Waals surface area (Å²) < 4.78 is 20.6. The number of hydrogen-bond acceptors (Lipinski definition) is 7. The number of amidine groups is 1. The summed E-state index contributed by atoms with van der Waals surface area (Å²) >= 11 is 1.43. The molecule has 142 valence electrons. The molecule has 2 unspecified atom stereocenters. The number of aliphatic imine (C=N–C) groups is 1. The normalized spacial score (nSPS) is 23.4. The van der Waals surface area contributed by atoms with Gasteiger partial charge in [-0.3, -0.25) is 4.79 Å². The number of nitrogens with one attached hydrogen (secondary N) is 1. The number of halogens is 1. The van der Waals surface area contributed by atoms with Gasteiger partial charge in [0.1, 0.15) is 17.6 Å². The van der Waals surface area contributed by atoms with Crippen molar-refractivity contribution in [2.45, 2.75) is 12.1 Å². The molecule has 2 aliphatic rings. The van der Waals surface area contributed by atoms with Crippen molar-refractivity contribution in [2.75, 3.05) is 17.7 Å². The van der Waals surface area contributed by atoms with Crippen molar-refractivity contribution in [1.29, 1.82) is 5.26 Å². The van der Waals surface area contributed by atoms with Crippen LogP contribution < -0.4 is 11.1 Å². The van der Waals surface area contributed by atoms with Gasteiger partial charge >= 0.3 is 0 Å². The maximum absolute atomic E-state index is 14.7. The number of amides is 1. The summed E-state index contributed by atoms with van der Waals surface area (Å²) in [5.74, 6) is -0.235. The Morgan fingerprint density at radius 1 is 1.43 bits per heavy atom. The van der Waals surface area contributed by atoms with Crippen LogP contribution in [0.2, 0.25) is 0 Å². The van der Waals surface area contributed by atoms with Gasteiger partial charge in [-0.15, -0.1) is 0 Å². The van der Waals surface area contributed by atoms with Gasteiger partial charge in [0.05, 0.1) is 12.2 Å². The summed E-state index contributed by atoms with van der Waals surface area (Å²) in [7, 11) is 0. The number of fused-ring (bicyclic) bond motifs is 1. The molecule has 3 N–H and O–H groups in total. The third-order valence-electron chi connectivity index (χ3n) is 4.79. The molecule has 0 spiro atoms. The molecule has 1 amide bonds. The number of hydrogen-bond donors (Lipinski definition) is 2. The Balaban J connectivity index is 1.65. The zero-order valence-electron chi connectivity index (χ0n) is 14.7. The van der Waals surface area contributed by atoms with Crippen LogP contribution >= 0.6 is 11.8 Å². The van der Waals surface area contributed by atoms with E-state index < -0.39 is 17.4 Å². The van der Waals surface area contributed by atoms with Gasteiger partial charge in [0, 0.05) is 29.1 Å². The van der Waals surface area contributed by atoms with E-state index in [-0.39, 0.29) is 17.2 Å². The zero-order valence-corrected chi connectivity index (χ0v) is 15.5. The lowest BCUT2D eigenvalue weighted by Crippen LogP contribution is -2.38. The van der Waals surface area contributed by atoms with Gasteiger partial charge in [0.15, 0.2) is 10.9 Å². The Morgan fingerprint density at radius 2 is 2.29 bits per heavy atom.